The average Bonchev–Trinajstić information content (AvgIpc) is 2.39. The molecule has 1 aliphatic heterocycles. The second-order valence-electron chi connectivity index (χ2n) is 1.84. The SMILES string of the molecule is OC1C2=C(N2)C1O. The zero-order chi connectivity index (χ0) is 5.02. The number of nitrogens with one attached hydrogen (secondary N) is 1. The topological polar surface area (TPSA) is 62.4 Å². The lowest BCUT2D eigenvalue weighted by Gasteiger charge is -2.12. The fourth-order valence-corrected chi connectivity index (χ4v) is 0.800. The summed E-state index contributed by atoms with van der Waals surface area (Å²) in [6, 6.07) is 0. The number of hydrogen-bond donors (Lipinski definition) is 3. The Kier molecular flexibility index (Phi) is 0.346. The van der Waals surface area contributed by atoms with E-state index in [-0.39, 0.29) is 0 Å². The number of aliphatic hydroxyl groups is 2. The Balaban J connectivity index is 2.28. The van der Waals surface area contributed by atoms with Crippen molar-refractivity contribution < 1.29 is 10.2 Å². The average molecular weight is 99.1 g/mol. The second kappa shape index (κ2) is 0.700. The summed E-state index contributed by atoms with van der Waals surface area (Å²) < 4.78 is 0. The minimum absolute atomic E-state index is 0.602. The third-order valence-electron chi connectivity index (χ3n) is 1.39. The molecule has 0 aromatic heterocycles. The summed E-state index contributed by atoms with van der Waals surface area (Å²) in [5.41, 5.74) is 1.65. The lowest BCUT2D eigenvalue weighted by atomic mass is 10.0. The summed E-state index contributed by atoms with van der Waals surface area (Å²) in [4.78, 5) is 0. The molecule has 2 atom stereocenters. The Hall–Kier alpha value is -0.540. The summed E-state index contributed by atoms with van der Waals surface area (Å²) in [6.07, 6.45) is -1.20. The van der Waals surface area contributed by atoms with Gasteiger partial charge in [-0.05, 0) is 0 Å². The third-order valence-corrected chi connectivity index (χ3v) is 1.39. The van der Waals surface area contributed by atoms with Gasteiger partial charge in [0.1, 0.15) is 12.2 Å². The van der Waals surface area contributed by atoms with Gasteiger partial charge in [-0.1, -0.05) is 0 Å². The zero-order valence-corrected chi connectivity index (χ0v) is 3.55. The van der Waals surface area contributed by atoms with E-state index in [4.69, 9.17) is 10.2 Å². The monoisotopic (exact) mass is 99.0 g/mol. The van der Waals surface area contributed by atoms with Crippen molar-refractivity contribution in [3.05, 3.63) is 11.4 Å². The minimum Gasteiger partial charge on any atom is -0.384 e. The highest BCUT2D eigenvalue weighted by molar-refractivity contribution is 5.48. The molecule has 1 aliphatic carbocycles. The van der Waals surface area contributed by atoms with Crippen molar-refractivity contribution in [2.75, 3.05) is 0 Å². The lowest BCUT2D eigenvalue weighted by Crippen LogP contribution is -2.28. The van der Waals surface area contributed by atoms with Crippen LogP contribution in [-0.4, -0.2) is 22.4 Å². The third kappa shape index (κ3) is 0.214. The van der Waals surface area contributed by atoms with Gasteiger partial charge in [0, 0.05) is 0 Å². The maximum absolute atomic E-state index is 8.66. The smallest absolute Gasteiger partial charge is 0.127 e. The Morgan fingerprint density at radius 3 is 1.71 bits per heavy atom. The van der Waals surface area contributed by atoms with Gasteiger partial charge in [-0.25, -0.2) is 0 Å². The first kappa shape index (κ1) is 3.46. The Morgan fingerprint density at radius 2 is 1.57 bits per heavy atom. The Morgan fingerprint density at radius 1 is 1.14 bits per heavy atom. The van der Waals surface area contributed by atoms with E-state index in [0.717, 1.165) is 11.4 Å². The highest BCUT2D eigenvalue weighted by Gasteiger charge is 2.48. The summed E-state index contributed by atoms with van der Waals surface area (Å²) >= 11 is 0. The molecule has 2 rings (SSSR count). The van der Waals surface area contributed by atoms with Gasteiger partial charge >= 0.3 is 0 Å². The molecule has 2 unspecified atom stereocenters. The molecule has 0 bridgehead atoms. The van der Waals surface area contributed by atoms with E-state index in [2.05, 4.69) is 5.32 Å². The van der Waals surface area contributed by atoms with Crippen LogP contribution in [-0.2, 0) is 0 Å². The van der Waals surface area contributed by atoms with Crippen LogP contribution >= 0.6 is 0 Å². The first-order valence-corrected chi connectivity index (χ1v) is 2.18. The van der Waals surface area contributed by atoms with Gasteiger partial charge in [0.05, 0.1) is 11.4 Å². The molecule has 0 fully saturated rings. The molecule has 38 valence electrons. The fraction of sp³-hybridized carbons (Fsp3) is 0.500. The normalized spacial score (nSPS) is 44.3. The van der Waals surface area contributed by atoms with Gasteiger partial charge in [-0.3, -0.25) is 0 Å². The van der Waals surface area contributed by atoms with E-state index >= 15 is 0 Å². The van der Waals surface area contributed by atoms with Crippen LogP contribution in [0.15, 0.2) is 11.4 Å². The maximum atomic E-state index is 8.66. The molecule has 3 nitrogen and oxygen atoms in total. The molecule has 0 saturated heterocycles. The molecule has 0 aromatic carbocycles. The molecular weight excluding hydrogens is 94.0 g/mol. The summed E-state index contributed by atoms with van der Waals surface area (Å²) in [5.74, 6) is 0. The highest BCUT2D eigenvalue weighted by Crippen LogP contribution is 2.36. The minimum atomic E-state index is -0.602. The van der Waals surface area contributed by atoms with Crippen molar-refractivity contribution >= 4 is 0 Å². The maximum Gasteiger partial charge on any atom is 0.127 e. The van der Waals surface area contributed by atoms with Crippen molar-refractivity contribution in [1.29, 1.82) is 0 Å². The largest absolute Gasteiger partial charge is 0.384 e. The van der Waals surface area contributed by atoms with Crippen molar-refractivity contribution in [3.63, 3.8) is 0 Å². The van der Waals surface area contributed by atoms with E-state index in [1.165, 1.54) is 0 Å². The fourth-order valence-electron chi connectivity index (χ4n) is 0.800. The van der Waals surface area contributed by atoms with Crippen molar-refractivity contribution in [2.24, 2.45) is 0 Å². The number of hydrogen-bond acceptors (Lipinski definition) is 3. The molecular formula is C4H5NO2. The van der Waals surface area contributed by atoms with Crippen LogP contribution in [0.25, 0.3) is 0 Å². The lowest BCUT2D eigenvalue weighted by molar-refractivity contribution is 0.0597. The van der Waals surface area contributed by atoms with Crippen molar-refractivity contribution in [1.82, 2.24) is 5.32 Å². The van der Waals surface area contributed by atoms with Gasteiger partial charge in [-0.2, -0.15) is 0 Å². The van der Waals surface area contributed by atoms with Gasteiger partial charge in [-0.15, -0.1) is 0 Å². The van der Waals surface area contributed by atoms with E-state index < -0.39 is 12.2 Å². The molecule has 2 aliphatic rings. The number of rotatable bonds is 0. The molecule has 3 N–H and O–H groups in total. The van der Waals surface area contributed by atoms with E-state index in [0.29, 0.717) is 0 Å². The first-order chi connectivity index (χ1) is 3.30. The molecule has 0 aromatic rings. The molecule has 7 heavy (non-hydrogen) atoms. The summed E-state index contributed by atoms with van der Waals surface area (Å²) in [5, 5.41) is 20.1. The standard InChI is InChI=1S/C4H5NO2/c6-3-1-2(5-1)4(3)7/h3-7H. The molecule has 3 heteroatoms. The van der Waals surface area contributed by atoms with Gasteiger partial charge < -0.3 is 15.5 Å². The quantitative estimate of drug-likeness (QED) is 0.347. The predicted molar refractivity (Wildman–Crippen MR) is 22.2 cm³/mol. The van der Waals surface area contributed by atoms with E-state index in [1.54, 1.807) is 0 Å². The first-order valence-electron chi connectivity index (χ1n) is 2.18. The Bertz CT molecular complexity index is 136. The van der Waals surface area contributed by atoms with Crippen molar-refractivity contribution in [3.8, 4) is 0 Å². The molecule has 0 spiro atoms. The van der Waals surface area contributed by atoms with Crippen molar-refractivity contribution in [2.45, 2.75) is 12.2 Å². The highest BCUT2D eigenvalue weighted by atomic mass is 16.3. The molecule has 0 saturated carbocycles. The van der Waals surface area contributed by atoms with Crippen LogP contribution in [0.5, 0.6) is 0 Å². The van der Waals surface area contributed by atoms with Crippen LogP contribution in [0.3, 0.4) is 0 Å². The number of aliphatic hydroxyl groups excluding tert-OH is 2. The molecule has 0 amide bonds. The second-order valence-corrected chi connectivity index (χ2v) is 1.84. The van der Waals surface area contributed by atoms with Crippen LogP contribution in [0.1, 0.15) is 0 Å². The predicted octanol–water partition coefficient (Wildman–Crippen LogP) is -1.46. The molecule has 1 heterocycles. The zero-order valence-electron chi connectivity index (χ0n) is 3.55. The van der Waals surface area contributed by atoms with E-state index in [1.807, 2.05) is 0 Å². The van der Waals surface area contributed by atoms with Gasteiger partial charge in [0.2, 0.25) is 0 Å². The van der Waals surface area contributed by atoms with Crippen LogP contribution in [0, 0.1) is 0 Å². The van der Waals surface area contributed by atoms with Gasteiger partial charge in [0.25, 0.3) is 0 Å². The van der Waals surface area contributed by atoms with Crippen LogP contribution in [0.2, 0.25) is 0 Å². The van der Waals surface area contributed by atoms with Crippen LogP contribution < -0.4 is 5.32 Å². The Labute approximate surface area is 40.3 Å². The summed E-state index contributed by atoms with van der Waals surface area (Å²) in [7, 11) is 0. The van der Waals surface area contributed by atoms with E-state index in [9.17, 15) is 0 Å². The van der Waals surface area contributed by atoms with Crippen LogP contribution in [0.4, 0.5) is 0 Å². The van der Waals surface area contributed by atoms with Gasteiger partial charge in [0.15, 0.2) is 0 Å². The molecule has 0 radical (unpaired) electrons. The summed E-state index contributed by atoms with van der Waals surface area (Å²) in [6.45, 7) is 0.